The number of nitrogens with zero attached hydrogens (tertiary/aromatic N) is 3. The molecule has 0 radical (unpaired) electrons. The number of methoxy groups -OCH3 is 1. The number of sulfonamides is 1. The van der Waals surface area contributed by atoms with Crippen LogP contribution in [0.3, 0.4) is 0 Å². The van der Waals surface area contributed by atoms with E-state index in [1.165, 1.54) is 17.5 Å². The standard InChI is InChI=1S/C27H32N4O4S/c1-35-24-9-5-10-25(19-24)36(33,34)31-17-6-16-30(21-22-11-13-28-14-12-22)26(20-27(32)29-15-18-31)23-7-3-2-4-8-23/h2-5,7-14,19,26H,6,15-18,20-21H2,1H3,(H,29,32). The fourth-order valence-corrected chi connectivity index (χ4v) is 6.00. The van der Waals surface area contributed by atoms with E-state index in [2.05, 4.69) is 15.2 Å². The number of benzene rings is 2. The second-order valence-electron chi connectivity index (χ2n) is 8.74. The maximum Gasteiger partial charge on any atom is 0.243 e. The monoisotopic (exact) mass is 508 g/mol. The summed E-state index contributed by atoms with van der Waals surface area (Å²) in [5, 5.41) is 2.93. The highest BCUT2D eigenvalue weighted by Gasteiger charge is 2.28. The lowest BCUT2D eigenvalue weighted by Crippen LogP contribution is -2.39. The van der Waals surface area contributed by atoms with Crippen molar-refractivity contribution in [3.63, 3.8) is 0 Å². The van der Waals surface area contributed by atoms with E-state index in [1.807, 2.05) is 42.5 Å². The van der Waals surface area contributed by atoms with Gasteiger partial charge in [-0.05, 0) is 41.8 Å². The first-order valence-electron chi connectivity index (χ1n) is 12.1. The van der Waals surface area contributed by atoms with Crippen molar-refractivity contribution >= 4 is 15.9 Å². The molecule has 1 aromatic heterocycles. The van der Waals surface area contributed by atoms with Crippen LogP contribution < -0.4 is 10.1 Å². The van der Waals surface area contributed by atoms with Gasteiger partial charge in [0, 0.05) is 63.6 Å². The van der Waals surface area contributed by atoms with Gasteiger partial charge < -0.3 is 10.1 Å². The van der Waals surface area contributed by atoms with Crippen LogP contribution in [-0.2, 0) is 21.4 Å². The first-order valence-corrected chi connectivity index (χ1v) is 13.5. The van der Waals surface area contributed by atoms with Gasteiger partial charge in [0.2, 0.25) is 15.9 Å². The Labute approximate surface area is 213 Å². The summed E-state index contributed by atoms with van der Waals surface area (Å²) in [6.07, 6.45) is 4.42. The van der Waals surface area contributed by atoms with Crippen LogP contribution in [0.1, 0.15) is 30.0 Å². The molecular formula is C27H32N4O4S. The lowest BCUT2D eigenvalue weighted by molar-refractivity contribution is -0.122. The van der Waals surface area contributed by atoms with Crippen molar-refractivity contribution in [3.8, 4) is 5.75 Å². The number of pyridine rings is 1. The van der Waals surface area contributed by atoms with Crippen molar-refractivity contribution in [3.05, 3.63) is 90.3 Å². The molecule has 1 fully saturated rings. The molecule has 0 saturated carbocycles. The summed E-state index contributed by atoms with van der Waals surface area (Å²) in [6, 6.07) is 20.3. The summed E-state index contributed by atoms with van der Waals surface area (Å²) in [6.45, 7) is 2.03. The molecule has 0 aliphatic carbocycles. The fraction of sp³-hybridized carbons (Fsp3) is 0.333. The molecule has 2 heterocycles. The highest BCUT2D eigenvalue weighted by atomic mass is 32.2. The summed E-state index contributed by atoms with van der Waals surface area (Å²) < 4.78 is 33.6. The summed E-state index contributed by atoms with van der Waals surface area (Å²) in [5.74, 6) is 0.376. The average Bonchev–Trinajstić information content (AvgIpc) is 2.94. The first kappa shape index (κ1) is 25.8. The Morgan fingerprint density at radius 1 is 1.00 bits per heavy atom. The molecule has 1 aliphatic heterocycles. The maximum atomic E-state index is 13.5. The van der Waals surface area contributed by atoms with Crippen molar-refractivity contribution in [2.24, 2.45) is 0 Å². The summed E-state index contributed by atoms with van der Waals surface area (Å²) in [4.78, 5) is 19.5. The molecule has 1 aliphatic rings. The van der Waals surface area contributed by atoms with Crippen LogP contribution in [0, 0.1) is 0 Å². The van der Waals surface area contributed by atoms with Gasteiger partial charge in [-0.2, -0.15) is 4.31 Å². The van der Waals surface area contributed by atoms with Gasteiger partial charge in [0.15, 0.2) is 0 Å². The molecule has 1 amide bonds. The van der Waals surface area contributed by atoms with Crippen LogP contribution in [-0.4, -0.2) is 61.8 Å². The molecular weight excluding hydrogens is 476 g/mol. The molecule has 36 heavy (non-hydrogen) atoms. The molecule has 0 bridgehead atoms. The molecule has 8 nitrogen and oxygen atoms in total. The zero-order valence-electron chi connectivity index (χ0n) is 20.4. The Kier molecular flexibility index (Phi) is 8.69. The molecule has 0 spiro atoms. The number of carbonyl (C=O) groups excluding carboxylic acids is 1. The quantitative estimate of drug-likeness (QED) is 0.550. The second kappa shape index (κ2) is 12.1. The molecule has 1 unspecified atom stereocenters. The molecule has 4 rings (SSSR count). The minimum absolute atomic E-state index is 0.107. The van der Waals surface area contributed by atoms with Gasteiger partial charge in [-0.1, -0.05) is 36.4 Å². The Balaban J connectivity index is 1.61. The van der Waals surface area contributed by atoms with E-state index in [4.69, 9.17) is 4.74 Å². The molecule has 1 atom stereocenters. The van der Waals surface area contributed by atoms with E-state index < -0.39 is 10.0 Å². The largest absolute Gasteiger partial charge is 0.497 e. The molecule has 190 valence electrons. The number of hydrogen-bond donors (Lipinski definition) is 1. The fourth-order valence-electron chi connectivity index (χ4n) is 4.48. The Bertz CT molecular complexity index is 1240. The number of aromatic nitrogens is 1. The molecule has 1 N–H and O–H groups in total. The van der Waals surface area contributed by atoms with Gasteiger partial charge in [0.05, 0.1) is 12.0 Å². The number of hydrogen-bond acceptors (Lipinski definition) is 6. The molecule has 3 aromatic rings. The Morgan fingerprint density at radius 2 is 1.78 bits per heavy atom. The van der Waals surface area contributed by atoms with Gasteiger partial charge in [-0.25, -0.2) is 8.42 Å². The highest BCUT2D eigenvalue weighted by Crippen LogP contribution is 2.28. The third-order valence-electron chi connectivity index (χ3n) is 6.35. The highest BCUT2D eigenvalue weighted by molar-refractivity contribution is 7.89. The third kappa shape index (κ3) is 6.48. The second-order valence-corrected chi connectivity index (χ2v) is 10.7. The van der Waals surface area contributed by atoms with Gasteiger partial charge in [-0.3, -0.25) is 14.7 Å². The Morgan fingerprint density at radius 3 is 2.53 bits per heavy atom. The zero-order chi connectivity index (χ0) is 25.4. The number of rotatable bonds is 6. The summed E-state index contributed by atoms with van der Waals surface area (Å²) in [7, 11) is -2.25. The van der Waals surface area contributed by atoms with Gasteiger partial charge in [-0.15, -0.1) is 0 Å². The van der Waals surface area contributed by atoms with Crippen molar-refractivity contribution < 1.29 is 17.9 Å². The van der Waals surface area contributed by atoms with Crippen molar-refractivity contribution in [2.45, 2.75) is 30.3 Å². The van der Waals surface area contributed by atoms with Crippen LogP contribution in [0.25, 0.3) is 0 Å². The normalized spacial score (nSPS) is 18.7. The van der Waals surface area contributed by atoms with Gasteiger partial charge in [0.25, 0.3) is 0 Å². The van der Waals surface area contributed by atoms with Crippen LogP contribution in [0.4, 0.5) is 0 Å². The summed E-state index contributed by atoms with van der Waals surface area (Å²) >= 11 is 0. The van der Waals surface area contributed by atoms with E-state index in [1.54, 1.807) is 30.6 Å². The Hall–Kier alpha value is -3.27. The average molecular weight is 509 g/mol. The third-order valence-corrected chi connectivity index (χ3v) is 8.25. The van der Waals surface area contributed by atoms with Gasteiger partial charge in [0.1, 0.15) is 5.75 Å². The van der Waals surface area contributed by atoms with E-state index in [-0.39, 0.29) is 36.4 Å². The molecule has 1 saturated heterocycles. The lowest BCUT2D eigenvalue weighted by atomic mass is 10.0. The van der Waals surface area contributed by atoms with E-state index in [0.29, 0.717) is 31.8 Å². The topological polar surface area (TPSA) is 91.8 Å². The van der Waals surface area contributed by atoms with Crippen molar-refractivity contribution in [1.29, 1.82) is 0 Å². The maximum absolute atomic E-state index is 13.5. The predicted molar refractivity (Wildman–Crippen MR) is 138 cm³/mol. The van der Waals surface area contributed by atoms with E-state index in [9.17, 15) is 13.2 Å². The number of amides is 1. The number of nitrogens with one attached hydrogen (secondary N) is 1. The first-order chi connectivity index (χ1) is 17.5. The van der Waals surface area contributed by atoms with Crippen LogP contribution in [0.5, 0.6) is 5.75 Å². The number of ether oxygens (including phenoxy) is 1. The number of carbonyl (C=O) groups is 1. The molecule has 9 heteroatoms. The van der Waals surface area contributed by atoms with Crippen molar-refractivity contribution in [2.75, 3.05) is 33.3 Å². The van der Waals surface area contributed by atoms with Gasteiger partial charge >= 0.3 is 0 Å². The summed E-state index contributed by atoms with van der Waals surface area (Å²) in [5.41, 5.74) is 2.14. The van der Waals surface area contributed by atoms with Crippen LogP contribution >= 0.6 is 0 Å². The van der Waals surface area contributed by atoms with Crippen LogP contribution in [0.15, 0.2) is 84.0 Å². The van der Waals surface area contributed by atoms with Crippen molar-refractivity contribution in [1.82, 2.24) is 19.5 Å². The predicted octanol–water partition coefficient (Wildman–Crippen LogP) is 3.23. The SMILES string of the molecule is COc1cccc(S(=O)(=O)N2CCCN(Cc3ccncc3)C(c3ccccc3)CC(=O)NCC2)c1. The van der Waals surface area contributed by atoms with E-state index >= 15 is 0 Å². The minimum Gasteiger partial charge on any atom is -0.497 e. The smallest absolute Gasteiger partial charge is 0.243 e. The molecule has 2 aromatic carbocycles. The zero-order valence-corrected chi connectivity index (χ0v) is 21.2. The van der Waals surface area contributed by atoms with Crippen LogP contribution in [0.2, 0.25) is 0 Å². The minimum atomic E-state index is -3.76. The lowest BCUT2D eigenvalue weighted by Gasteiger charge is -2.32. The van der Waals surface area contributed by atoms with E-state index in [0.717, 1.165) is 11.1 Å².